The van der Waals surface area contributed by atoms with E-state index in [9.17, 15) is 27.7 Å². The number of aliphatic carboxylic acids is 1. The van der Waals surface area contributed by atoms with E-state index in [0.29, 0.717) is 34.4 Å². The van der Waals surface area contributed by atoms with E-state index < -0.39 is 27.7 Å². The number of methoxy groups -OCH3 is 1. The number of rotatable bonds is 8. The molecule has 2 aromatic carbocycles. The van der Waals surface area contributed by atoms with Gasteiger partial charge in [-0.25, -0.2) is 4.79 Å². The number of ether oxygens (including phenoxy) is 2. The van der Waals surface area contributed by atoms with Crippen LogP contribution in [0, 0.1) is 0 Å². The molecule has 0 aliphatic carbocycles. The van der Waals surface area contributed by atoms with E-state index >= 15 is 0 Å². The quantitative estimate of drug-likeness (QED) is 0.276. The van der Waals surface area contributed by atoms with Gasteiger partial charge >= 0.3 is 5.97 Å². The fourth-order valence-corrected chi connectivity index (χ4v) is 4.23. The highest BCUT2D eigenvalue weighted by molar-refractivity contribution is 7.85. The molecule has 0 saturated heterocycles. The van der Waals surface area contributed by atoms with Crippen LogP contribution in [-0.4, -0.2) is 53.9 Å². The van der Waals surface area contributed by atoms with Crippen molar-refractivity contribution in [2.24, 2.45) is 0 Å². The molecule has 0 aliphatic rings. The lowest BCUT2D eigenvalue weighted by atomic mass is 10.00. The van der Waals surface area contributed by atoms with E-state index in [0.717, 1.165) is 9.95 Å². The van der Waals surface area contributed by atoms with Gasteiger partial charge in [0.15, 0.2) is 0 Å². The summed E-state index contributed by atoms with van der Waals surface area (Å²) < 4.78 is 44.2. The molecule has 0 radical (unpaired) electrons. The van der Waals surface area contributed by atoms with Crippen molar-refractivity contribution in [1.82, 2.24) is 9.55 Å². The molecule has 10 nitrogen and oxygen atoms in total. The van der Waals surface area contributed by atoms with Crippen molar-refractivity contribution >= 4 is 37.8 Å². The van der Waals surface area contributed by atoms with Gasteiger partial charge in [0.25, 0.3) is 15.7 Å². The monoisotopic (exact) mass is 498 g/mol. The van der Waals surface area contributed by atoms with Gasteiger partial charge in [0, 0.05) is 18.9 Å². The predicted octanol–water partition coefficient (Wildman–Crippen LogP) is 3.13. The molecule has 35 heavy (non-hydrogen) atoms. The third-order valence-corrected chi connectivity index (χ3v) is 6.45. The molecule has 4 aromatic rings. The van der Waals surface area contributed by atoms with E-state index in [-0.39, 0.29) is 16.9 Å². The summed E-state index contributed by atoms with van der Waals surface area (Å²) in [4.78, 5) is 29.0. The normalized spacial score (nSPS) is 12.7. The number of carboxylic acids is 1. The highest BCUT2D eigenvalue weighted by Gasteiger charge is 2.20. The molecule has 182 valence electrons. The van der Waals surface area contributed by atoms with E-state index in [2.05, 4.69) is 4.98 Å². The standard InChI is InChI=1S/C24H22N2O8S/c1-14(24(28)29)26-13-21(22-20(23(26)27)11-18(12-25-22)34-8-7-33-2)16-4-3-15-5-6-19(35(30,31)32)10-17(15)9-16/h3-6,9-14H,7-8H2,1-2H3,(H,28,29)(H,30,31,32)/t14-/m1/s1. The molecule has 11 heteroatoms. The van der Waals surface area contributed by atoms with Gasteiger partial charge in [0.2, 0.25) is 0 Å². The van der Waals surface area contributed by atoms with Crippen LogP contribution in [0.25, 0.3) is 32.8 Å². The van der Waals surface area contributed by atoms with Crippen molar-refractivity contribution in [3.63, 3.8) is 0 Å². The van der Waals surface area contributed by atoms with Crippen LogP contribution >= 0.6 is 0 Å². The van der Waals surface area contributed by atoms with Crippen LogP contribution in [0.4, 0.5) is 0 Å². The smallest absolute Gasteiger partial charge is 0.326 e. The zero-order valence-corrected chi connectivity index (χ0v) is 19.7. The Morgan fingerprint density at radius 2 is 1.86 bits per heavy atom. The van der Waals surface area contributed by atoms with Gasteiger partial charge in [-0.15, -0.1) is 0 Å². The molecule has 0 bridgehead atoms. The Morgan fingerprint density at radius 3 is 2.54 bits per heavy atom. The van der Waals surface area contributed by atoms with E-state index in [1.807, 2.05) is 0 Å². The first-order valence-corrected chi connectivity index (χ1v) is 12.0. The topological polar surface area (TPSA) is 145 Å². The molecule has 2 aromatic heterocycles. The maximum absolute atomic E-state index is 13.2. The average Bonchev–Trinajstić information content (AvgIpc) is 2.83. The number of fused-ring (bicyclic) bond motifs is 2. The average molecular weight is 499 g/mol. The summed E-state index contributed by atoms with van der Waals surface area (Å²) in [5.74, 6) is -0.858. The van der Waals surface area contributed by atoms with Crippen LogP contribution in [0.2, 0.25) is 0 Å². The summed E-state index contributed by atoms with van der Waals surface area (Å²) in [7, 11) is -2.87. The van der Waals surface area contributed by atoms with Gasteiger partial charge in [0.1, 0.15) is 18.4 Å². The van der Waals surface area contributed by atoms with E-state index in [1.165, 1.54) is 44.6 Å². The van der Waals surface area contributed by atoms with Crippen molar-refractivity contribution in [1.29, 1.82) is 0 Å². The summed E-state index contributed by atoms with van der Waals surface area (Å²) in [6.07, 6.45) is 2.89. The molecule has 2 heterocycles. The van der Waals surface area contributed by atoms with Gasteiger partial charge in [0.05, 0.1) is 28.6 Å². The predicted molar refractivity (Wildman–Crippen MR) is 128 cm³/mol. The van der Waals surface area contributed by atoms with E-state index in [4.69, 9.17) is 9.47 Å². The van der Waals surface area contributed by atoms with Crippen molar-refractivity contribution in [3.05, 3.63) is 65.2 Å². The second-order valence-electron chi connectivity index (χ2n) is 7.88. The van der Waals surface area contributed by atoms with E-state index in [1.54, 1.807) is 24.3 Å². The van der Waals surface area contributed by atoms with Crippen molar-refractivity contribution in [2.75, 3.05) is 20.3 Å². The third kappa shape index (κ3) is 4.87. The number of aromatic nitrogens is 2. The van der Waals surface area contributed by atoms with Crippen LogP contribution in [-0.2, 0) is 19.6 Å². The van der Waals surface area contributed by atoms with Crippen LogP contribution in [0.3, 0.4) is 0 Å². The highest BCUT2D eigenvalue weighted by atomic mass is 32.2. The first-order valence-electron chi connectivity index (χ1n) is 10.5. The zero-order chi connectivity index (χ0) is 25.3. The Morgan fingerprint density at radius 1 is 1.11 bits per heavy atom. The SMILES string of the molecule is COCCOc1cnc2c(-c3ccc4ccc(S(=O)(=O)O)cc4c3)cn([C@H](C)C(=O)O)c(=O)c2c1. The lowest BCUT2D eigenvalue weighted by molar-refractivity contribution is -0.140. The molecule has 0 fully saturated rings. The summed E-state index contributed by atoms with van der Waals surface area (Å²) in [5.41, 5.74) is 0.822. The molecule has 0 spiro atoms. The van der Waals surface area contributed by atoms with Crippen LogP contribution in [0.1, 0.15) is 13.0 Å². The number of nitrogens with zero attached hydrogens (tertiary/aromatic N) is 2. The van der Waals surface area contributed by atoms with Crippen molar-refractivity contribution in [2.45, 2.75) is 17.9 Å². The number of benzene rings is 2. The number of carbonyl (C=O) groups is 1. The zero-order valence-electron chi connectivity index (χ0n) is 18.8. The summed E-state index contributed by atoms with van der Waals surface area (Å²) >= 11 is 0. The highest BCUT2D eigenvalue weighted by Crippen LogP contribution is 2.31. The molecule has 0 amide bonds. The number of hydrogen-bond acceptors (Lipinski definition) is 7. The van der Waals surface area contributed by atoms with Crippen molar-refractivity contribution in [3.8, 4) is 16.9 Å². The number of hydrogen-bond donors (Lipinski definition) is 2. The fraction of sp³-hybridized carbons (Fsp3) is 0.208. The largest absolute Gasteiger partial charge is 0.490 e. The number of carboxylic acid groups (broad SMARTS) is 1. The molecule has 0 aliphatic heterocycles. The van der Waals surface area contributed by atoms with Crippen molar-refractivity contribution < 1.29 is 32.3 Å². The molecular weight excluding hydrogens is 476 g/mol. The molecule has 2 N–H and O–H groups in total. The van der Waals surface area contributed by atoms with Crippen LogP contribution < -0.4 is 10.3 Å². The minimum atomic E-state index is -4.40. The Bertz CT molecular complexity index is 1610. The van der Waals surface area contributed by atoms with Gasteiger partial charge in [-0.3, -0.25) is 14.3 Å². The second kappa shape index (κ2) is 9.45. The Hall–Kier alpha value is -3.80. The first-order chi connectivity index (χ1) is 16.6. The fourth-order valence-electron chi connectivity index (χ4n) is 3.71. The summed E-state index contributed by atoms with van der Waals surface area (Å²) in [6, 6.07) is 9.74. The molecule has 1 atom stereocenters. The molecular formula is C24H22N2O8S. The van der Waals surface area contributed by atoms with Gasteiger partial charge < -0.3 is 19.1 Å². The Kier molecular flexibility index (Phi) is 6.57. The summed E-state index contributed by atoms with van der Waals surface area (Å²) in [6.45, 7) is 1.97. The third-order valence-electron chi connectivity index (χ3n) is 5.60. The minimum absolute atomic E-state index is 0.164. The Labute approximate surface area is 200 Å². The summed E-state index contributed by atoms with van der Waals surface area (Å²) in [5, 5.41) is 11.0. The number of pyridine rings is 2. The lowest BCUT2D eigenvalue weighted by Gasteiger charge is -2.16. The van der Waals surface area contributed by atoms with Gasteiger partial charge in [-0.05, 0) is 47.5 Å². The van der Waals surface area contributed by atoms with Gasteiger partial charge in [-0.2, -0.15) is 8.42 Å². The van der Waals surface area contributed by atoms with Crippen LogP contribution in [0.15, 0.2) is 64.5 Å². The molecule has 0 saturated carbocycles. The maximum atomic E-state index is 13.2. The Balaban J connectivity index is 1.96. The lowest BCUT2D eigenvalue weighted by Crippen LogP contribution is -2.28. The van der Waals surface area contributed by atoms with Gasteiger partial charge in [-0.1, -0.05) is 18.2 Å². The molecule has 0 unspecified atom stereocenters. The second-order valence-corrected chi connectivity index (χ2v) is 9.30. The molecule has 4 rings (SSSR count). The minimum Gasteiger partial charge on any atom is -0.490 e. The van der Waals surface area contributed by atoms with Crippen LogP contribution in [0.5, 0.6) is 5.75 Å². The maximum Gasteiger partial charge on any atom is 0.326 e. The first kappa shape index (κ1) is 24.3.